The van der Waals surface area contributed by atoms with Crippen LogP contribution in [0.2, 0.25) is 0 Å². The van der Waals surface area contributed by atoms with Gasteiger partial charge in [0.05, 0.1) is 12.2 Å². The van der Waals surface area contributed by atoms with E-state index < -0.39 is 0 Å². The molecule has 7 heteroatoms. The zero-order valence-electron chi connectivity index (χ0n) is 11.9. The van der Waals surface area contributed by atoms with Crippen molar-refractivity contribution < 1.29 is 9.26 Å². The quantitative estimate of drug-likeness (QED) is 0.800. The van der Waals surface area contributed by atoms with Crippen molar-refractivity contribution in [2.24, 2.45) is 0 Å². The van der Waals surface area contributed by atoms with Crippen LogP contribution >= 0.6 is 0 Å². The van der Waals surface area contributed by atoms with E-state index in [1.165, 1.54) is 0 Å². The first-order valence-corrected chi connectivity index (χ1v) is 6.48. The molecule has 0 spiro atoms. The molecule has 0 saturated heterocycles. The fourth-order valence-electron chi connectivity index (χ4n) is 1.73. The summed E-state index contributed by atoms with van der Waals surface area (Å²) in [5.74, 6) is 2.88. The van der Waals surface area contributed by atoms with Gasteiger partial charge in [-0.15, -0.1) is 0 Å². The molecule has 0 amide bonds. The van der Waals surface area contributed by atoms with E-state index in [0.29, 0.717) is 19.0 Å². The number of nitrogens with zero attached hydrogens (tertiary/aromatic N) is 3. The summed E-state index contributed by atoms with van der Waals surface area (Å²) in [5, 5.41) is 10.2. The van der Waals surface area contributed by atoms with Crippen molar-refractivity contribution in [1.82, 2.24) is 15.1 Å². The van der Waals surface area contributed by atoms with E-state index in [4.69, 9.17) is 9.26 Å². The lowest BCUT2D eigenvalue weighted by molar-refractivity contribution is 0.178. The predicted octanol–water partition coefficient (Wildman–Crippen LogP) is 1.96. The highest BCUT2D eigenvalue weighted by Gasteiger charge is 2.06. The topological polar surface area (TPSA) is 85.1 Å². The van der Waals surface area contributed by atoms with Gasteiger partial charge in [-0.05, 0) is 13.8 Å². The van der Waals surface area contributed by atoms with Crippen LogP contribution in [0.5, 0.6) is 0 Å². The van der Waals surface area contributed by atoms with Crippen molar-refractivity contribution in [2.45, 2.75) is 27.0 Å². The molecule has 0 aliphatic carbocycles. The normalized spacial score (nSPS) is 10.6. The Morgan fingerprint density at radius 2 is 1.95 bits per heavy atom. The molecule has 0 atom stereocenters. The standard InChI is InChI=1S/C13H19N5O2/c1-4-14-11-6-12(17-13(16-11)8-19-3)15-7-10-5-9(2)18-20-10/h5-6H,4,7-8H2,1-3H3,(H2,14,15,16,17). The van der Waals surface area contributed by atoms with Gasteiger partial charge >= 0.3 is 0 Å². The number of aromatic nitrogens is 3. The molecule has 2 heterocycles. The first-order chi connectivity index (χ1) is 9.71. The molecule has 2 aromatic rings. The molecule has 20 heavy (non-hydrogen) atoms. The van der Waals surface area contributed by atoms with Gasteiger partial charge in [0.25, 0.3) is 0 Å². The van der Waals surface area contributed by atoms with Gasteiger partial charge in [-0.3, -0.25) is 0 Å². The molecular weight excluding hydrogens is 258 g/mol. The van der Waals surface area contributed by atoms with Crippen molar-refractivity contribution >= 4 is 11.6 Å². The van der Waals surface area contributed by atoms with Crippen LogP contribution in [0, 0.1) is 6.92 Å². The average Bonchev–Trinajstić information content (AvgIpc) is 2.83. The largest absolute Gasteiger partial charge is 0.377 e. The predicted molar refractivity (Wildman–Crippen MR) is 75.5 cm³/mol. The van der Waals surface area contributed by atoms with Gasteiger partial charge in [0.2, 0.25) is 0 Å². The molecule has 0 unspecified atom stereocenters. The summed E-state index contributed by atoms with van der Waals surface area (Å²) in [4.78, 5) is 8.73. The maximum Gasteiger partial charge on any atom is 0.158 e. The summed E-state index contributed by atoms with van der Waals surface area (Å²) >= 11 is 0. The zero-order chi connectivity index (χ0) is 14.4. The molecule has 0 aliphatic heterocycles. The molecule has 0 saturated carbocycles. The summed E-state index contributed by atoms with van der Waals surface area (Å²) in [5.41, 5.74) is 0.859. The molecule has 108 valence electrons. The minimum absolute atomic E-state index is 0.370. The molecule has 2 N–H and O–H groups in total. The van der Waals surface area contributed by atoms with E-state index in [0.717, 1.165) is 29.6 Å². The van der Waals surface area contributed by atoms with Crippen LogP contribution in [-0.4, -0.2) is 28.8 Å². The van der Waals surface area contributed by atoms with Crippen LogP contribution in [0.1, 0.15) is 24.2 Å². The van der Waals surface area contributed by atoms with E-state index >= 15 is 0 Å². The maximum absolute atomic E-state index is 5.15. The van der Waals surface area contributed by atoms with E-state index in [1.807, 2.05) is 26.0 Å². The highest BCUT2D eigenvalue weighted by Crippen LogP contribution is 2.13. The van der Waals surface area contributed by atoms with E-state index in [2.05, 4.69) is 25.8 Å². The Morgan fingerprint density at radius 1 is 1.20 bits per heavy atom. The van der Waals surface area contributed by atoms with Gasteiger partial charge in [-0.25, -0.2) is 9.97 Å². The van der Waals surface area contributed by atoms with Crippen LogP contribution in [0.25, 0.3) is 0 Å². The van der Waals surface area contributed by atoms with Crippen molar-refractivity contribution in [1.29, 1.82) is 0 Å². The van der Waals surface area contributed by atoms with Crippen molar-refractivity contribution in [3.05, 3.63) is 29.4 Å². The number of rotatable bonds is 7. The first-order valence-electron chi connectivity index (χ1n) is 6.48. The van der Waals surface area contributed by atoms with Gasteiger partial charge < -0.3 is 19.9 Å². The van der Waals surface area contributed by atoms with Crippen LogP contribution in [0.15, 0.2) is 16.7 Å². The Morgan fingerprint density at radius 3 is 2.55 bits per heavy atom. The third-order valence-corrected chi connectivity index (χ3v) is 2.52. The number of nitrogens with one attached hydrogen (secondary N) is 2. The SMILES string of the molecule is CCNc1cc(NCc2cc(C)no2)nc(COC)n1. The second kappa shape index (κ2) is 6.85. The zero-order valence-corrected chi connectivity index (χ0v) is 11.9. The fraction of sp³-hybridized carbons (Fsp3) is 0.462. The fourth-order valence-corrected chi connectivity index (χ4v) is 1.73. The number of hydrogen-bond acceptors (Lipinski definition) is 7. The Labute approximate surface area is 117 Å². The van der Waals surface area contributed by atoms with E-state index in [1.54, 1.807) is 7.11 Å². The smallest absolute Gasteiger partial charge is 0.158 e. The summed E-state index contributed by atoms with van der Waals surface area (Å²) in [7, 11) is 1.62. The third kappa shape index (κ3) is 3.92. The lowest BCUT2D eigenvalue weighted by atomic mass is 10.4. The Kier molecular flexibility index (Phi) is 4.89. The Hall–Kier alpha value is -2.15. The molecule has 0 radical (unpaired) electrons. The average molecular weight is 277 g/mol. The van der Waals surface area contributed by atoms with Crippen LogP contribution < -0.4 is 10.6 Å². The summed E-state index contributed by atoms with van der Waals surface area (Å²) in [6.45, 7) is 5.59. The molecule has 0 fully saturated rings. The second-order valence-corrected chi connectivity index (χ2v) is 4.31. The number of methoxy groups -OCH3 is 1. The Bertz CT molecular complexity index is 531. The lowest BCUT2D eigenvalue weighted by Gasteiger charge is -2.09. The molecule has 2 aromatic heterocycles. The monoisotopic (exact) mass is 277 g/mol. The minimum atomic E-state index is 0.370. The van der Waals surface area contributed by atoms with E-state index in [9.17, 15) is 0 Å². The number of aryl methyl sites for hydroxylation is 1. The highest BCUT2D eigenvalue weighted by molar-refractivity contribution is 5.47. The van der Waals surface area contributed by atoms with Crippen molar-refractivity contribution in [3.8, 4) is 0 Å². The second-order valence-electron chi connectivity index (χ2n) is 4.31. The van der Waals surface area contributed by atoms with Gasteiger partial charge in [-0.1, -0.05) is 5.16 Å². The summed E-state index contributed by atoms with van der Waals surface area (Å²) in [6, 6.07) is 3.74. The number of hydrogen-bond donors (Lipinski definition) is 2. The molecular formula is C13H19N5O2. The molecule has 0 aliphatic rings. The molecule has 7 nitrogen and oxygen atoms in total. The van der Waals surface area contributed by atoms with Gasteiger partial charge in [0.15, 0.2) is 11.6 Å². The van der Waals surface area contributed by atoms with Gasteiger partial charge in [-0.2, -0.15) is 0 Å². The number of ether oxygens (including phenoxy) is 1. The van der Waals surface area contributed by atoms with Gasteiger partial charge in [0.1, 0.15) is 18.2 Å². The molecule has 0 bridgehead atoms. The van der Waals surface area contributed by atoms with Crippen molar-refractivity contribution in [3.63, 3.8) is 0 Å². The van der Waals surface area contributed by atoms with Crippen LogP contribution in [-0.2, 0) is 17.9 Å². The first kappa shape index (κ1) is 14.3. The number of anilines is 2. The minimum Gasteiger partial charge on any atom is -0.377 e. The maximum atomic E-state index is 5.15. The molecule has 2 rings (SSSR count). The highest BCUT2D eigenvalue weighted by atomic mass is 16.5. The van der Waals surface area contributed by atoms with Crippen LogP contribution in [0.4, 0.5) is 11.6 Å². The Balaban J connectivity index is 2.08. The molecule has 0 aromatic carbocycles. The van der Waals surface area contributed by atoms with Crippen molar-refractivity contribution in [2.75, 3.05) is 24.3 Å². The van der Waals surface area contributed by atoms with E-state index in [-0.39, 0.29) is 0 Å². The van der Waals surface area contributed by atoms with Gasteiger partial charge in [0, 0.05) is 25.8 Å². The lowest BCUT2D eigenvalue weighted by Crippen LogP contribution is -2.08. The summed E-state index contributed by atoms with van der Waals surface area (Å²) in [6.07, 6.45) is 0. The summed E-state index contributed by atoms with van der Waals surface area (Å²) < 4.78 is 10.2. The third-order valence-electron chi connectivity index (χ3n) is 2.52. The van der Waals surface area contributed by atoms with Crippen LogP contribution in [0.3, 0.4) is 0 Å².